The smallest absolute Gasteiger partial charge is 0.265 e. The van der Waals surface area contributed by atoms with Gasteiger partial charge >= 0.3 is 0 Å². The minimum atomic E-state index is -0.166. The van der Waals surface area contributed by atoms with E-state index in [1.165, 1.54) is 0 Å². The molecule has 1 aromatic rings. The molecule has 2 N–H and O–H groups in total. The standard InChI is InChI=1S/C14H22N2O2/c1-6-18-12-9-7-8-11(10(12)2)13(17)15-16-14(3,4)5/h7-9,16H,6H2,1-5H3,(H,15,17). The normalized spacial score (nSPS) is 11.2. The van der Waals surface area contributed by atoms with Gasteiger partial charge in [-0.1, -0.05) is 6.07 Å². The van der Waals surface area contributed by atoms with E-state index in [0.29, 0.717) is 12.2 Å². The van der Waals surface area contributed by atoms with Gasteiger partial charge in [0.1, 0.15) is 5.75 Å². The molecule has 1 rings (SSSR count). The number of amides is 1. The first-order chi connectivity index (χ1) is 8.35. The second-order valence-electron chi connectivity index (χ2n) is 5.19. The van der Waals surface area contributed by atoms with Gasteiger partial charge in [-0.05, 0) is 46.8 Å². The third kappa shape index (κ3) is 4.04. The van der Waals surface area contributed by atoms with Crippen LogP contribution in [0.1, 0.15) is 43.6 Å². The molecular weight excluding hydrogens is 228 g/mol. The molecule has 1 aromatic carbocycles. The summed E-state index contributed by atoms with van der Waals surface area (Å²) >= 11 is 0. The van der Waals surface area contributed by atoms with Crippen LogP contribution < -0.4 is 15.6 Å². The Labute approximate surface area is 109 Å². The zero-order valence-electron chi connectivity index (χ0n) is 11.8. The molecular formula is C14H22N2O2. The van der Waals surface area contributed by atoms with Crippen LogP contribution >= 0.6 is 0 Å². The molecule has 0 heterocycles. The van der Waals surface area contributed by atoms with Crippen LogP contribution in [0.25, 0.3) is 0 Å². The van der Waals surface area contributed by atoms with Gasteiger partial charge in [0.2, 0.25) is 0 Å². The van der Waals surface area contributed by atoms with Gasteiger partial charge in [-0.25, -0.2) is 5.43 Å². The number of nitrogens with one attached hydrogen (secondary N) is 2. The van der Waals surface area contributed by atoms with E-state index < -0.39 is 0 Å². The minimum Gasteiger partial charge on any atom is -0.494 e. The third-order valence-corrected chi connectivity index (χ3v) is 2.38. The van der Waals surface area contributed by atoms with E-state index in [9.17, 15) is 4.79 Å². The van der Waals surface area contributed by atoms with Gasteiger partial charge in [0.05, 0.1) is 6.61 Å². The summed E-state index contributed by atoms with van der Waals surface area (Å²) in [6.45, 7) is 10.3. The summed E-state index contributed by atoms with van der Waals surface area (Å²) in [5, 5.41) is 0. The number of hydrazine groups is 1. The highest BCUT2D eigenvalue weighted by Crippen LogP contribution is 2.21. The molecule has 0 bridgehead atoms. The van der Waals surface area contributed by atoms with Crippen molar-refractivity contribution in [2.45, 2.75) is 40.2 Å². The Morgan fingerprint density at radius 1 is 1.33 bits per heavy atom. The molecule has 0 aromatic heterocycles. The number of benzene rings is 1. The molecule has 100 valence electrons. The van der Waals surface area contributed by atoms with Gasteiger partial charge < -0.3 is 4.74 Å². The lowest BCUT2D eigenvalue weighted by atomic mass is 10.1. The zero-order chi connectivity index (χ0) is 13.8. The second-order valence-corrected chi connectivity index (χ2v) is 5.19. The predicted molar refractivity (Wildman–Crippen MR) is 72.7 cm³/mol. The fourth-order valence-corrected chi connectivity index (χ4v) is 1.48. The van der Waals surface area contributed by atoms with E-state index in [1.54, 1.807) is 6.07 Å². The molecule has 1 amide bonds. The Balaban J connectivity index is 2.83. The zero-order valence-corrected chi connectivity index (χ0v) is 11.8. The van der Waals surface area contributed by atoms with Gasteiger partial charge in [0.15, 0.2) is 0 Å². The Morgan fingerprint density at radius 3 is 2.56 bits per heavy atom. The highest BCUT2D eigenvalue weighted by atomic mass is 16.5. The molecule has 0 saturated heterocycles. The summed E-state index contributed by atoms with van der Waals surface area (Å²) in [7, 11) is 0. The van der Waals surface area contributed by atoms with Crippen molar-refractivity contribution in [1.29, 1.82) is 0 Å². The Kier molecular flexibility index (Phi) is 4.73. The maximum Gasteiger partial charge on any atom is 0.265 e. The van der Waals surface area contributed by atoms with Crippen LogP contribution in [-0.2, 0) is 0 Å². The van der Waals surface area contributed by atoms with Crippen LogP contribution in [0.4, 0.5) is 0 Å². The number of ether oxygens (including phenoxy) is 1. The molecule has 4 heteroatoms. The monoisotopic (exact) mass is 250 g/mol. The number of rotatable bonds is 4. The number of carbonyl (C=O) groups is 1. The maximum atomic E-state index is 12.0. The van der Waals surface area contributed by atoms with Gasteiger partial charge in [0.25, 0.3) is 5.91 Å². The van der Waals surface area contributed by atoms with Gasteiger partial charge in [-0.15, -0.1) is 0 Å². The van der Waals surface area contributed by atoms with Crippen LogP contribution in [-0.4, -0.2) is 18.1 Å². The number of hydrogen-bond donors (Lipinski definition) is 2. The van der Waals surface area contributed by atoms with Crippen molar-refractivity contribution in [3.05, 3.63) is 29.3 Å². The van der Waals surface area contributed by atoms with E-state index in [2.05, 4.69) is 10.9 Å². The predicted octanol–water partition coefficient (Wildman–Crippen LogP) is 2.43. The summed E-state index contributed by atoms with van der Waals surface area (Å²) in [6.07, 6.45) is 0. The van der Waals surface area contributed by atoms with E-state index in [4.69, 9.17) is 4.74 Å². The van der Waals surface area contributed by atoms with Gasteiger partial charge in [-0.3, -0.25) is 10.2 Å². The van der Waals surface area contributed by atoms with E-state index in [-0.39, 0.29) is 11.4 Å². The molecule has 4 nitrogen and oxygen atoms in total. The van der Waals surface area contributed by atoms with Crippen LogP contribution in [0.5, 0.6) is 5.75 Å². The first kappa shape index (κ1) is 14.5. The highest BCUT2D eigenvalue weighted by Gasteiger charge is 2.15. The van der Waals surface area contributed by atoms with Crippen molar-refractivity contribution in [3.8, 4) is 5.75 Å². The minimum absolute atomic E-state index is 0.149. The van der Waals surface area contributed by atoms with Gasteiger partial charge in [-0.2, -0.15) is 0 Å². The summed E-state index contributed by atoms with van der Waals surface area (Å²) in [6, 6.07) is 5.48. The van der Waals surface area contributed by atoms with Crippen LogP contribution in [0.2, 0.25) is 0 Å². The molecule has 0 unspecified atom stereocenters. The van der Waals surface area contributed by atoms with Crippen LogP contribution in [0, 0.1) is 6.92 Å². The molecule has 0 spiro atoms. The largest absolute Gasteiger partial charge is 0.494 e. The molecule has 0 radical (unpaired) electrons. The van der Waals surface area contributed by atoms with Crippen molar-refractivity contribution < 1.29 is 9.53 Å². The van der Waals surface area contributed by atoms with Gasteiger partial charge in [0, 0.05) is 16.7 Å². The highest BCUT2D eigenvalue weighted by molar-refractivity contribution is 5.95. The van der Waals surface area contributed by atoms with Crippen LogP contribution in [0.15, 0.2) is 18.2 Å². The molecule has 0 fully saturated rings. The summed E-state index contributed by atoms with van der Waals surface area (Å²) < 4.78 is 5.47. The second kappa shape index (κ2) is 5.87. The van der Waals surface area contributed by atoms with Crippen LogP contribution in [0.3, 0.4) is 0 Å². The van der Waals surface area contributed by atoms with Crippen molar-refractivity contribution in [2.24, 2.45) is 0 Å². The average molecular weight is 250 g/mol. The fraction of sp³-hybridized carbons (Fsp3) is 0.500. The first-order valence-corrected chi connectivity index (χ1v) is 6.15. The van der Waals surface area contributed by atoms with Crippen molar-refractivity contribution >= 4 is 5.91 Å². The molecule has 0 saturated carbocycles. The topological polar surface area (TPSA) is 50.4 Å². The third-order valence-electron chi connectivity index (χ3n) is 2.38. The quantitative estimate of drug-likeness (QED) is 0.807. The summed E-state index contributed by atoms with van der Waals surface area (Å²) in [5.41, 5.74) is 6.97. The molecule has 0 atom stereocenters. The van der Waals surface area contributed by atoms with Crippen molar-refractivity contribution in [2.75, 3.05) is 6.61 Å². The van der Waals surface area contributed by atoms with Crippen molar-refractivity contribution in [1.82, 2.24) is 10.9 Å². The Morgan fingerprint density at radius 2 is 2.00 bits per heavy atom. The first-order valence-electron chi connectivity index (χ1n) is 6.15. The molecule has 18 heavy (non-hydrogen) atoms. The molecule has 0 aliphatic rings. The lowest BCUT2D eigenvalue weighted by molar-refractivity contribution is 0.0913. The number of carbonyl (C=O) groups excluding carboxylic acids is 1. The van der Waals surface area contributed by atoms with E-state index in [1.807, 2.05) is 46.8 Å². The fourth-order valence-electron chi connectivity index (χ4n) is 1.48. The maximum absolute atomic E-state index is 12.0. The lowest BCUT2D eigenvalue weighted by Gasteiger charge is -2.21. The van der Waals surface area contributed by atoms with E-state index in [0.717, 1.165) is 11.3 Å². The Bertz CT molecular complexity index is 422. The molecule has 0 aliphatic heterocycles. The summed E-state index contributed by atoms with van der Waals surface area (Å²) in [5.74, 6) is 0.602. The Hall–Kier alpha value is -1.55. The lowest BCUT2D eigenvalue weighted by Crippen LogP contribution is -2.48. The average Bonchev–Trinajstić information content (AvgIpc) is 2.28. The molecule has 0 aliphatic carbocycles. The SMILES string of the molecule is CCOc1cccc(C(=O)NNC(C)(C)C)c1C. The number of hydrogen-bond acceptors (Lipinski definition) is 3. The van der Waals surface area contributed by atoms with E-state index >= 15 is 0 Å². The summed E-state index contributed by atoms with van der Waals surface area (Å²) in [4.78, 5) is 12.0. The van der Waals surface area contributed by atoms with Crippen molar-refractivity contribution in [3.63, 3.8) is 0 Å².